The molecule has 1 aliphatic heterocycles. The van der Waals surface area contributed by atoms with Crippen molar-refractivity contribution in [2.75, 3.05) is 13.2 Å². The highest BCUT2D eigenvalue weighted by Crippen LogP contribution is 2.24. The summed E-state index contributed by atoms with van der Waals surface area (Å²) in [7, 11) is 0. The van der Waals surface area contributed by atoms with Gasteiger partial charge in [0.25, 0.3) is 0 Å². The van der Waals surface area contributed by atoms with Crippen LogP contribution in [0.4, 0.5) is 0 Å². The Morgan fingerprint density at radius 3 is 3.06 bits per heavy atom. The molecule has 2 heteroatoms. The zero-order valence-corrected chi connectivity index (χ0v) is 10.4. The Kier molecular flexibility index (Phi) is 5.76. The number of hydrogen-bond acceptors (Lipinski definition) is 2. The molecule has 0 aromatic carbocycles. The minimum Gasteiger partial charge on any atom is -0.490 e. The Labute approximate surface area is 98.6 Å². The first kappa shape index (κ1) is 12.9. The molecule has 0 N–H and O–H groups in total. The molecule has 1 unspecified atom stereocenters. The van der Waals surface area contributed by atoms with E-state index in [0.717, 1.165) is 36.9 Å². The molecule has 0 radical (unpaired) electrons. The van der Waals surface area contributed by atoms with Crippen molar-refractivity contribution in [3.8, 4) is 0 Å². The van der Waals surface area contributed by atoms with Gasteiger partial charge in [-0.15, -0.1) is 0 Å². The van der Waals surface area contributed by atoms with Gasteiger partial charge in [0.05, 0.1) is 13.2 Å². The molecule has 0 saturated carbocycles. The molecular weight excluding hydrogens is 200 g/mol. The molecule has 2 nitrogen and oxygen atoms in total. The SMILES string of the molecule is C=C/C=C(/OCC)C1=CCC(CC)CCO1. The average molecular weight is 222 g/mol. The van der Waals surface area contributed by atoms with Crippen LogP contribution in [-0.4, -0.2) is 13.2 Å². The van der Waals surface area contributed by atoms with Crippen molar-refractivity contribution in [2.24, 2.45) is 5.92 Å². The molecule has 1 rings (SSSR count). The molecule has 0 fully saturated rings. The van der Waals surface area contributed by atoms with Gasteiger partial charge < -0.3 is 9.47 Å². The molecule has 0 amide bonds. The summed E-state index contributed by atoms with van der Waals surface area (Å²) in [4.78, 5) is 0. The van der Waals surface area contributed by atoms with E-state index in [2.05, 4.69) is 19.6 Å². The second-order valence-electron chi connectivity index (χ2n) is 3.92. The summed E-state index contributed by atoms with van der Waals surface area (Å²) in [6.45, 7) is 9.33. The van der Waals surface area contributed by atoms with E-state index in [-0.39, 0.29) is 0 Å². The molecule has 1 atom stereocenters. The molecule has 0 aliphatic carbocycles. The number of hydrogen-bond donors (Lipinski definition) is 0. The lowest BCUT2D eigenvalue weighted by atomic mass is 9.99. The summed E-state index contributed by atoms with van der Waals surface area (Å²) in [6, 6.07) is 0. The third-order valence-electron chi connectivity index (χ3n) is 2.81. The number of rotatable bonds is 5. The molecule has 1 aliphatic rings. The van der Waals surface area contributed by atoms with E-state index in [0.29, 0.717) is 6.61 Å². The first-order valence-corrected chi connectivity index (χ1v) is 6.10. The van der Waals surface area contributed by atoms with Gasteiger partial charge >= 0.3 is 0 Å². The van der Waals surface area contributed by atoms with Crippen molar-refractivity contribution in [2.45, 2.75) is 33.1 Å². The lowest BCUT2D eigenvalue weighted by Crippen LogP contribution is -2.01. The third-order valence-corrected chi connectivity index (χ3v) is 2.81. The quantitative estimate of drug-likeness (QED) is 0.520. The zero-order valence-electron chi connectivity index (χ0n) is 10.4. The van der Waals surface area contributed by atoms with Crippen LogP contribution in [0.1, 0.15) is 33.1 Å². The van der Waals surface area contributed by atoms with Crippen molar-refractivity contribution in [3.05, 3.63) is 36.3 Å². The molecule has 16 heavy (non-hydrogen) atoms. The first-order chi connectivity index (χ1) is 7.81. The largest absolute Gasteiger partial charge is 0.490 e. The molecule has 0 aromatic rings. The fourth-order valence-corrected chi connectivity index (χ4v) is 1.79. The Bertz CT molecular complexity index is 276. The van der Waals surface area contributed by atoms with Gasteiger partial charge in [-0.1, -0.05) is 26.0 Å². The summed E-state index contributed by atoms with van der Waals surface area (Å²) in [5.74, 6) is 2.41. The van der Waals surface area contributed by atoms with Crippen LogP contribution < -0.4 is 0 Å². The first-order valence-electron chi connectivity index (χ1n) is 6.10. The molecule has 1 heterocycles. The van der Waals surface area contributed by atoms with E-state index in [1.165, 1.54) is 6.42 Å². The monoisotopic (exact) mass is 222 g/mol. The summed E-state index contributed by atoms with van der Waals surface area (Å²) in [5, 5.41) is 0. The topological polar surface area (TPSA) is 18.5 Å². The summed E-state index contributed by atoms with van der Waals surface area (Å²) >= 11 is 0. The summed E-state index contributed by atoms with van der Waals surface area (Å²) < 4.78 is 11.3. The molecule has 0 spiro atoms. The molecular formula is C14H22O2. The van der Waals surface area contributed by atoms with Crippen LogP contribution in [-0.2, 0) is 9.47 Å². The van der Waals surface area contributed by atoms with E-state index in [1.807, 2.05) is 13.0 Å². The summed E-state index contributed by atoms with van der Waals surface area (Å²) in [6.07, 6.45) is 9.16. The standard InChI is InChI=1S/C14H22O2/c1-4-7-13(15-6-3)14-9-8-12(5-2)10-11-16-14/h4,7,9,12H,1,5-6,8,10-11H2,2-3H3/b13-7+. The normalized spacial score (nSPS) is 21.8. The van der Waals surface area contributed by atoms with E-state index in [4.69, 9.17) is 9.47 Å². The minimum atomic E-state index is 0.650. The fourth-order valence-electron chi connectivity index (χ4n) is 1.79. The number of ether oxygens (including phenoxy) is 2. The molecule has 0 saturated heterocycles. The van der Waals surface area contributed by atoms with E-state index in [9.17, 15) is 0 Å². The van der Waals surface area contributed by atoms with Crippen LogP contribution in [0.2, 0.25) is 0 Å². The maximum Gasteiger partial charge on any atom is 0.160 e. The van der Waals surface area contributed by atoms with Crippen molar-refractivity contribution < 1.29 is 9.47 Å². The van der Waals surface area contributed by atoms with Gasteiger partial charge in [-0.2, -0.15) is 0 Å². The highest BCUT2D eigenvalue weighted by molar-refractivity contribution is 5.24. The van der Waals surface area contributed by atoms with Gasteiger partial charge in [-0.05, 0) is 37.8 Å². The van der Waals surface area contributed by atoms with Crippen LogP contribution in [0, 0.1) is 5.92 Å². The second kappa shape index (κ2) is 7.15. The highest BCUT2D eigenvalue weighted by Gasteiger charge is 2.14. The molecule has 90 valence electrons. The van der Waals surface area contributed by atoms with Gasteiger partial charge in [0.2, 0.25) is 0 Å². The van der Waals surface area contributed by atoms with Gasteiger partial charge in [-0.25, -0.2) is 0 Å². The predicted octanol–water partition coefficient (Wildman–Crippen LogP) is 3.81. The average Bonchev–Trinajstić information content (AvgIpc) is 2.53. The lowest BCUT2D eigenvalue weighted by molar-refractivity contribution is 0.154. The van der Waals surface area contributed by atoms with Crippen molar-refractivity contribution >= 4 is 0 Å². The Morgan fingerprint density at radius 1 is 1.62 bits per heavy atom. The predicted molar refractivity (Wildman–Crippen MR) is 67.0 cm³/mol. The van der Waals surface area contributed by atoms with E-state index >= 15 is 0 Å². The minimum absolute atomic E-state index is 0.650. The number of allylic oxidation sites excluding steroid dienone is 3. The summed E-state index contributed by atoms with van der Waals surface area (Å²) in [5.41, 5.74) is 0. The van der Waals surface area contributed by atoms with Crippen molar-refractivity contribution in [1.29, 1.82) is 0 Å². The van der Waals surface area contributed by atoms with Crippen LogP contribution >= 0.6 is 0 Å². The van der Waals surface area contributed by atoms with E-state index in [1.54, 1.807) is 6.08 Å². The van der Waals surface area contributed by atoms with E-state index < -0.39 is 0 Å². The maximum atomic E-state index is 5.72. The lowest BCUT2D eigenvalue weighted by Gasteiger charge is -2.12. The van der Waals surface area contributed by atoms with Gasteiger partial charge in [0.1, 0.15) is 0 Å². The molecule has 0 aromatic heterocycles. The Balaban J connectivity index is 2.72. The smallest absolute Gasteiger partial charge is 0.160 e. The maximum absolute atomic E-state index is 5.72. The fraction of sp³-hybridized carbons (Fsp3) is 0.571. The van der Waals surface area contributed by atoms with Crippen LogP contribution in [0.15, 0.2) is 36.3 Å². The second-order valence-corrected chi connectivity index (χ2v) is 3.92. The van der Waals surface area contributed by atoms with Gasteiger partial charge in [0, 0.05) is 0 Å². The van der Waals surface area contributed by atoms with Crippen molar-refractivity contribution in [3.63, 3.8) is 0 Å². The molecule has 0 bridgehead atoms. The Hall–Kier alpha value is -1.18. The Morgan fingerprint density at radius 2 is 2.44 bits per heavy atom. The van der Waals surface area contributed by atoms with Crippen LogP contribution in [0.3, 0.4) is 0 Å². The van der Waals surface area contributed by atoms with Crippen LogP contribution in [0.5, 0.6) is 0 Å². The highest BCUT2D eigenvalue weighted by atomic mass is 16.5. The van der Waals surface area contributed by atoms with Crippen molar-refractivity contribution in [1.82, 2.24) is 0 Å². The van der Waals surface area contributed by atoms with Gasteiger partial charge in [0.15, 0.2) is 11.5 Å². The zero-order chi connectivity index (χ0) is 11.8. The van der Waals surface area contributed by atoms with Gasteiger partial charge in [-0.3, -0.25) is 0 Å². The third kappa shape index (κ3) is 3.76. The van der Waals surface area contributed by atoms with Crippen LogP contribution in [0.25, 0.3) is 0 Å².